The summed E-state index contributed by atoms with van der Waals surface area (Å²) in [5, 5.41) is 2.95. The summed E-state index contributed by atoms with van der Waals surface area (Å²) in [6.07, 6.45) is 2.95. The van der Waals surface area contributed by atoms with Crippen molar-refractivity contribution in [2.45, 2.75) is 0 Å². The summed E-state index contributed by atoms with van der Waals surface area (Å²) in [5.41, 5.74) is 0. The highest BCUT2D eigenvalue weighted by molar-refractivity contribution is 4.68. The molecule has 0 spiro atoms. The molecule has 1 rings (SSSR count). The summed E-state index contributed by atoms with van der Waals surface area (Å²) in [4.78, 5) is 0. The maximum Gasteiger partial charge on any atom is 0.0965 e. The van der Waals surface area contributed by atoms with Crippen molar-refractivity contribution in [3.8, 4) is 0 Å². The van der Waals surface area contributed by atoms with Crippen molar-refractivity contribution in [2.75, 3.05) is 19.9 Å². The van der Waals surface area contributed by atoms with E-state index in [0.717, 1.165) is 6.54 Å². The highest BCUT2D eigenvalue weighted by atomic mass is 16.5. The molecule has 2 nitrogen and oxygen atoms in total. The second-order valence-electron chi connectivity index (χ2n) is 1.17. The highest BCUT2D eigenvalue weighted by Crippen LogP contribution is 1.82. The van der Waals surface area contributed by atoms with E-state index in [-0.39, 0.29) is 0 Å². The van der Waals surface area contributed by atoms with Crippen LogP contribution in [0.3, 0.4) is 0 Å². The molecule has 0 unspecified atom stereocenters. The second kappa shape index (κ2) is 2.16. The Bertz CT molecular complexity index is 23.0. The van der Waals surface area contributed by atoms with E-state index in [0.29, 0.717) is 13.3 Å². The van der Waals surface area contributed by atoms with Gasteiger partial charge in [0.15, 0.2) is 0 Å². The van der Waals surface area contributed by atoms with Gasteiger partial charge in [-0.15, -0.1) is 0 Å². The Morgan fingerprint density at radius 3 is 2.83 bits per heavy atom. The molecular formula is C4H7NO. The van der Waals surface area contributed by atoms with Crippen LogP contribution in [-0.4, -0.2) is 19.9 Å². The van der Waals surface area contributed by atoms with E-state index in [1.54, 1.807) is 0 Å². The quantitative estimate of drug-likeness (QED) is 0.434. The van der Waals surface area contributed by atoms with Crippen LogP contribution in [0.15, 0.2) is 0 Å². The number of rotatable bonds is 0. The van der Waals surface area contributed by atoms with Crippen LogP contribution in [0.2, 0.25) is 0 Å². The molecule has 0 amide bonds. The van der Waals surface area contributed by atoms with Crippen molar-refractivity contribution >= 4 is 0 Å². The van der Waals surface area contributed by atoms with Crippen LogP contribution in [0.4, 0.5) is 0 Å². The topological polar surface area (TPSA) is 21.3 Å². The van der Waals surface area contributed by atoms with Gasteiger partial charge in [0.05, 0.1) is 13.3 Å². The molecule has 6 heavy (non-hydrogen) atoms. The van der Waals surface area contributed by atoms with Crippen molar-refractivity contribution < 1.29 is 4.74 Å². The molecule has 0 atom stereocenters. The first-order valence-electron chi connectivity index (χ1n) is 1.99. The maximum absolute atomic E-state index is 4.85. The van der Waals surface area contributed by atoms with E-state index < -0.39 is 0 Å². The van der Waals surface area contributed by atoms with Gasteiger partial charge in [0.25, 0.3) is 0 Å². The first-order valence-corrected chi connectivity index (χ1v) is 1.99. The van der Waals surface area contributed by atoms with Gasteiger partial charge in [-0.2, -0.15) is 0 Å². The molecule has 0 saturated carbocycles. The first-order chi connectivity index (χ1) is 3.00. The van der Waals surface area contributed by atoms with Crippen LogP contribution in [0.25, 0.3) is 0 Å². The van der Waals surface area contributed by atoms with Gasteiger partial charge in [-0.05, 0) is 0 Å². The molecule has 1 fully saturated rings. The zero-order chi connectivity index (χ0) is 4.24. The van der Waals surface area contributed by atoms with E-state index in [2.05, 4.69) is 11.7 Å². The lowest BCUT2D eigenvalue weighted by Gasteiger charge is -2.09. The molecule has 1 heterocycles. The van der Waals surface area contributed by atoms with Crippen molar-refractivity contribution in [2.24, 2.45) is 0 Å². The monoisotopic (exact) mass is 85.1 g/mol. The van der Waals surface area contributed by atoms with Gasteiger partial charge in [-0.1, -0.05) is 0 Å². The third kappa shape index (κ3) is 0.954. The zero-order valence-electron chi connectivity index (χ0n) is 3.53. The number of nitrogens with one attached hydrogen (secondary N) is 1. The maximum atomic E-state index is 4.85. The van der Waals surface area contributed by atoms with Crippen LogP contribution >= 0.6 is 0 Å². The van der Waals surface area contributed by atoms with E-state index in [1.807, 2.05) is 0 Å². The second-order valence-corrected chi connectivity index (χ2v) is 1.17. The molecular weight excluding hydrogens is 78.0 g/mol. The smallest absolute Gasteiger partial charge is 0.0965 e. The van der Waals surface area contributed by atoms with E-state index >= 15 is 0 Å². The Morgan fingerprint density at radius 2 is 2.67 bits per heavy atom. The average molecular weight is 85.1 g/mol. The molecule has 0 aromatic heterocycles. The molecule has 0 bridgehead atoms. The fourth-order valence-corrected chi connectivity index (χ4v) is 0.386. The third-order valence-electron chi connectivity index (χ3n) is 0.658. The van der Waals surface area contributed by atoms with Gasteiger partial charge in [-0.3, -0.25) is 5.32 Å². The third-order valence-corrected chi connectivity index (χ3v) is 0.658. The van der Waals surface area contributed by atoms with Crippen molar-refractivity contribution in [3.05, 3.63) is 6.42 Å². The molecule has 0 aliphatic carbocycles. The molecule has 1 saturated heterocycles. The van der Waals surface area contributed by atoms with Crippen LogP contribution in [0, 0.1) is 6.42 Å². The van der Waals surface area contributed by atoms with Gasteiger partial charge in [0.1, 0.15) is 0 Å². The van der Waals surface area contributed by atoms with E-state index in [9.17, 15) is 0 Å². The fourth-order valence-electron chi connectivity index (χ4n) is 0.386. The lowest BCUT2D eigenvalue weighted by atomic mass is 10.4. The molecule has 0 aromatic carbocycles. The summed E-state index contributed by atoms with van der Waals surface area (Å²) in [6, 6.07) is 0. The van der Waals surface area contributed by atoms with Crippen molar-refractivity contribution in [3.63, 3.8) is 0 Å². The predicted molar refractivity (Wildman–Crippen MR) is 22.1 cm³/mol. The van der Waals surface area contributed by atoms with Gasteiger partial charge in [-0.25, -0.2) is 0 Å². The van der Waals surface area contributed by atoms with Gasteiger partial charge < -0.3 is 4.74 Å². The molecule has 1 aliphatic rings. The SMILES string of the molecule is [C]1CNCOC1. The fraction of sp³-hybridized carbons (Fsp3) is 0.750. The molecule has 2 heteroatoms. The zero-order valence-corrected chi connectivity index (χ0v) is 3.53. The van der Waals surface area contributed by atoms with Crippen molar-refractivity contribution in [1.29, 1.82) is 0 Å². The lowest BCUT2D eigenvalue weighted by molar-refractivity contribution is 0.113. The largest absolute Gasteiger partial charge is 0.366 e. The van der Waals surface area contributed by atoms with Crippen LogP contribution in [0.1, 0.15) is 0 Å². The number of hydrogen-bond donors (Lipinski definition) is 1. The standard InChI is InChI=1S/C4H7NO/c1-2-5-4-6-3-1/h5H,2-4H2. The summed E-state index contributed by atoms with van der Waals surface area (Å²) in [7, 11) is 0. The summed E-state index contributed by atoms with van der Waals surface area (Å²) in [6.45, 7) is 2.25. The predicted octanol–water partition coefficient (Wildman–Crippen LogP) is -0.355. The summed E-state index contributed by atoms with van der Waals surface area (Å²) < 4.78 is 4.85. The minimum atomic E-state index is 0.688. The Morgan fingerprint density at radius 1 is 1.67 bits per heavy atom. The van der Waals surface area contributed by atoms with E-state index in [1.165, 1.54) is 0 Å². The minimum Gasteiger partial charge on any atom is -0.366 e. The number of hydrogen-bond acceptors (Lipinski definition) is 2. The molecule has 1 aliphatic heterocycles. The normalized spacial score (nSPS) is 24.0. The van der Waals surface area contributed by atoms with Gasteiger partial charge in [0.2, 0.25) is 0 Å². The van der Waals surface area contributed by atoms with Crippen LogP contribution < -0.4 is 5.32 Å². The van der Waals surface area contributed by atoms with E-state index in [4.69, 9.17) is 4.74 Å². The van der Waals surface area contributed by atoms with Gasteiger partial charge in [0, 0.05) is 13.0 Å². The lowest BCUT2D eigenvalue weighted by Crippen LogP contribution is -2.26. The Hall–Kier alpha value is -0.0800. The Labute approximate surface area is 37.5 Å². The molecule has 0 aromatic rings. The first kappa shape index (κ1) is 4.09. The highest BCUT2D eigenvalue weighted by Gasteiger charge is 1.94. The molecule has 1 N–H and O–H groups in total. The van der Waals surface area contributed by atoms with Gasteiger partial charge >= 0.3 is 0 Å². The number of ether oxygens (including phenoxy) is 1. The Kier molecular flexibility index (Phi) is 1.47. The average Bonchev–Trinajstić information content (AvgIpc) is 1.72. The molecule has 34 valence electrons. The van der Waals surface area contributed by atoms with Crippen molar-refractivity contribution in [1.82, 2.24) is 5.32 Å². The summed E-state index contributed by atoms with van der Waals surface area (Å²) >= 11 is 0. The molecule has 2 radical (unpaired) electrons. The minimum absolute atomic E-state index is 0.688. The Balaban J connectivity index is 2.00. The van der Waals surface area contributed by atoms with Crippen LogP contribution in [0.5, 0.6) is 0 Å². The summed E-state index contributed by atoms with van der Waals surface area (Å²) in [5.74, 6) is 0. The van der Waals surface area contributed by atoms with Crippen LogP contribution in [-0.2, 0) is 4.74 Å².